The average Bonchev–Trinajstić information content (AvgIpc) is 2.95. The number of aryl methyl sites for hydroxylation is 1. The SMILES string of the molecule is COCc1nc(CCNC2CC2)[nH]c1C. The van der Waals surface area contributed by atoms with Crippen LogP contribution in [0.25, 0.3) is 0 Å². The molecule has 84 valence electrons. The molecule has 2 rings (SSSR count). The van der Waals surface area contributed by atoms with Crippen molar-refractivity contribution in [1.29, 1.82) is 0 Å². The molecule has 0 bridgehead atoms. The molecule has 0 atom stereocenters. The molecular formula is C11H19N3O. The van der Waals surface area contributed by atoms with Crippen LogP contribution in [-0.2, 0) is 17.8 Å². The number of hydrogen-bond donors (Lipinski definition) is 2. The quantitative estimate of drug-likeness (QED) is 0.739. The molecule has 1 aliphatic rings. The lowest BCUT2D eigenvalue weighted by Gasteiger charge is -1.99. The maximum absolute atomic E-state index is 5.08. The van der Waals surface area contributed by atoms with Gasteiger partial charge in [-0.2, -0.15) is 0 Å². The molecule has 0 unspecified atom stereocenters. The third kappa shape index (κ3) is 3.04. The first kappa shape index (κ1) is 10.6. The van der Waals surface area contributed by atoms with Crippen molar-refractivity contribution >= 4 is 0 Å². The highest BCUT2D eigenvalue weighted by Gasteiger charge is 2.19. The Morgan fingerprint density at radius 2 is 2.33 bits per heavy atom. The summed E-state index contributed by atoms with van der Waals surface area (Å²) in [5, 5.41) is 3.47. The molecule has 1 saturated carbocycles. The summed E-state index contributed by atoms with van der Waals surface area (Å²) in [4.78, 5) is 7.79. The van der Waals surface area contributed by atoms with Gasteiger partial charge in [-0.3, -0.25) is 0 Å². The van der Waals surface area contributed by atoms with Crippen LogP contribution in [0.1, 0.15) is 30.1 Å². The maximum Gasteiger partial charge on any atom is 0.107 e. The summed E-state index contributed by atoms with van der Waals surface area (Å²) < 4.78 is 5.08. The number of aromatic amines is 1. The van der Waals surface area contributed by atoms with Crippen molar-refractivity contribution in [2.45, 2.75) is 38.8 Å². The van der Waals surface area contributed by atoms with Crippen LogP contribution < -0.4 is 5.32 Å². The molecule has 0 spiro atoms. The highest BCUT2D eigenvalue weighted by Crippen LogP contribution is 2.18. The molecule has 0 aliphatic heterocycles. The number of imidazole rings is 1. The van der Waals surface area contributed by atoms with Gasteiger partial charge in [0.25, 0.3) is 0 Å². The Morgan fingerprint density at radius 1 is 1.53 bits per heavy atom. The highest BCUT2D eigenvalue weighted by atomic mass is 16.5. The van der Waals surface area contributed by atoms with Gasteiger partial charge >= 0.3 is 0 Å². The van der Waals surface area contributed by atoms with E-state index in [4.69, 9.17) is 4.74 Å². The van der Waals surface area contributed by atoms with Crippen molar-refractivity contribution in [3.05, 3.63) is 17.2 Å². The second kappa shape index (κ2) is 4.77. The van der Waals surface area contributed by atoms with Gasteiger partial charge in [-0.15, -0.1) is 0 Å². The first-order valence-corrected chi connectivity index (χ1v) is 5.56. The van der Waals surface area contributed by atoms with Crippen LogP contribution in [0.5, 0.6) is 0 Å². The number of H-pyrrole nitrogens is 1. The lowest BCUT2D eigenvalue weighted by Crippen LogP contribution is -2.19. The minimum absolute atomic E-state index is 0.596. The summed E-state index contributed by atoms with van der Waals surface area (Å²) in [5.41, 5.74) is 2.15. The Kier molecular flexibility index (Phi) is 3.38. The van der Waals surface area contributed by atoms with Crippen molar-refractivity contribution in [2.75, 3.05) is 13.7 Å². The molecule has 4 heteroatoms. The average molecular weight is 209 g/mol. The third-order valence-electron chi connectivity index (χ3n) is 2.69. The Hall–Kier alpha value is -0.870. The molecule has 15 heavy (non-hydrogen) atoms. The van der Waals surface area contributed by atoms with E-state index in [-0.39, 0.29) is 0 Å². The second-order valence-corrected chi connectivity index (χ2v) is 4.17. The zero-order valence-electron chi connectivity index (χ0n) is 9.47. The van der Waals surface area contributed by atoms with Crippen molar-refractivity contribution in [3.63, 3.8) is 0 Å². The Balaban J connectivity index is 1.81. The van der Waals surface area contributed by atoms with E-state index >= 15 is 0 Å². The van der Waals surface area contributed by atoms with Gasteiger partial charge < -0.3 is 15.0 Å². The van der Waals surface area contributed by atoms with Gasteiger partial charge in [-0.1, -0.05) is 0 Å². The van der Waals surface area contributed by atoms with Gasteiger partial charge in [0.1, 0.15) is 5.82 Å². The zero-order chi connectivity index (χ0) is 10.7. The van der Waals surface area contributed by atoms with E-state index in [1.807, 2.05) is 6.92 Å². The summed E-state index contributed by atoms with van der Waals surface area (Å²) in [5.74, 6) is 1.06. The lowest BCUT2D eigenvalue weighted by molar-refractivity contribution is 0.181. The van der Waals surface area contributed by atoms with Crippen molar-refractivity contribution in [3.8, 4) is 0 Å². The van der Waals surface area contributed by atoms with Gasteiger partial charge in [0, 0.05) is 31.8 Å². The number of hydrogen-bond acceptors (Lipinski definition) is 3. The fourth-order valence-electron chi connectivity index (χ4n) is 1.64. The van der Waals surface area contributed by atoms with E-state index in [1.165, 1.54) is 12.8 Å². The number of nitrogens with zero attached hydrogens (tertiary/aromatic N) is 1. The van der Waals surface area contributed by atoms with E-state index in [0.29, 0.717) is 6.61 Å². The van der Waals surface area contributed by atoms with Crippen molar-refractivity contribution in [2.24, 2.45) is 0 Å². The molecule has 1 aromatic rings. The molecule has 1 heterocycles. The minimum Gasteiger partial charge on any atom is -0.378 e. The minimum atomic E-state index is 0.596. The standard InChI is InChI=1S/C11H19N3O/c1-8-10(7-15-2)14-11(13-8)5-6-12-9-3-4-9/h9,12H,3-7H2,1-2H3,(H,13,14). The number of aromatic nitrogens is 2. The molecule has 2 N–H and O–H groups in total. The first-order chi connectivity index (χ1) is 7.29. The van der Waals surface area contributed by atoms with Gasteiger partial charge in [0.15, 0.2) is 0 Å². The highest BCUT2D eigenvalue weighted by molar-refractivity contribution is 5.12. The molecule has 0 radical (unpaired) electrons. The van der Waals surface area contributed by atoms with Crippen molar-refractivity contribution < 1.29 is 4.74 Å². The van der Waals surface area contributed by atoms with E-state index in [0.717, 1.165) is 36.2 Å². The molecule has 1 fully saturated rings. The fourth-order valence-corrected chi connectivity index (χ4v) is 1.64. The van der Waals surface area contributed by atoms with Crippen LogP contribution in [0.2, 0.25) is 0 Å². The van der Waals surface area contributed by atoms with Crippen LogP contribution in [0.3, 0.4) is 0 Å². The molecule has 1 aliphatic carbocycles. The number of rotatable bonds is 6. The second-order valence-electron chi connectivity index (χ2n) is 4.17. The smallest absolute Gasteiger partial charge is 0.107 e. The summed E-state index contributed by atoms with van der Waals surface area (Å²) in [6, 6.07) is 0.777. The largest absolute Gasteiger partial charge is 0.378 e. The summed E-state index contributed by atoms with van der Waals surface area (Å²) in [7, 11) is 1.70. The summed E-state index contributed by atoms with van der Waals surface area (Å²) in [6.45, 7) is 3.65. The molecule has 1 aromatic heterocycles. The van der Waals surface area contributed by atoms with Gasteiger partial charge in [0.2, 0.25) is 0 Å². The predicted molar refractivity (Wildman–Crippen MR) is 58.8 cm³/mol. The Bertz CT molecular complexity index is 318. The van der Waals surface area contributed by atoms with Gasteiger partial charge in [0.05, 0.1) is 12.3 Å². The summed E-state index contributed by atoms with van der Waals surface area (Å²) >= 11 is 0. The summed E-state index contributed by atoms with van der Waals surface area (Å²) in [6.07, 6.45) is 3.65. The van der Waals surface area contributed by atoms with E-state index in [1.54, 1.807) is 7.11 Å². The molecule has 0 saturated heterocycles. The van der Waals surface area contributed by atoms with Crippen LogP contribution >= 0.6 is 0 Å². The topological polar surface area (TPSA) is 49.9 Å². The van der Waals surface area contributed by atoms with Crippen LogP contribution in [0, 0.1) is 6.92 Å². The Morgan fingerprint density at radius 3 is 3.00 bits per heavy atom. The molecular weight excluding hydrogens is 190 g/mol. The van der Waals surface area contributed by atoms with Crippen LogP contribution in [-0.4, -0.2) is 29.7 Å². The van der Waals surface area contributed by atoms with Crippen LogP contribution in [0.4, 0.5) is 0 Å². The van der Waals surface area contributed by atoms with E-state index < -0.39 is 0 Å². The molecule has 4 nitrogen and oxygen atoms in total. The predicted octanol–water partition coefficient (Wildman–Crippen LogP) is 1.16. The number of ether oxygens (including phenoxy) is 1. The van der Waals surface area contributed by atoms with E-state index in [9.17, 15) is 0 Å². The Labute approximate surface area is 90.4 Å². The molecule has 0 amide bonds. The lowest BCUT2D eigenvalue weighted by atomic mass is 10.4. The number of methoxy groups -OCH3 is 1. The first-order valence-electron chi connectivity index (χ1n) is 5.56. The maximum atomic E-state index is 5.08. The van der Waals surface area contributed by atoms with Gasteiger partial charge in [-0.05, 0) is 19.8 Å². The van der Waals surface area contributed by atoms with E-state index in [2.05, 4.69) is 15.3 Å². The van der Waals surface area contributed by atoms with Crippen LogP contribution in [0.15, 0.2) is 0 Å². The fraction of sp³-hybridized carbons (Fsp3) is 0.727. The van der Waals surface area contributed by atoms with Gasteiger partial charge in [-0.25, -0.2) is 4.98 Å². The third-order valence-corrected chi connectivity index (χ3v) is 2.69. The number of nitrogens with one attached hydrogen (secondary N) is 2. The molecule has 0 aromatic carbocycles. The zero-order valence-corrected chi connectivity index (χ0v) is 9.47. The monoisotopic (exact) mass is 209 g/mol. The normalized spacial score (nSPS) is 15.9. The van der Waals surface area contributed by atoms with Crippen molar-refractivity contribution in [1.82, 2.24) is 15.3 Å².